The van der Waals surface area contributed by atoms with Gasteiger partial charge in [-0.3, -0.25) is 24.6 Å². The van der Waals surface area contributed by atoms with Crippen molar-refractivity contribution in [2.24, 2.45) is 0 Å². The summed E-state index contributed by atoms with van der Waals surface area (Å²) >= 11 is 6.17. The number of aryl methyl sites for hydroxylation is 1. The van der Waals surface area contributed by atoms with Crippen molar-refractivity contribution in [3.05, 3.63) is 86.1 Å². The van der Waals surface area contributed by atoms with Crippen molar-refractivity contribution in [3.8, 4) is 5.75 Å². The standard InChI is InChI=1S/C22H16ClN3O7/c1-11-9-17(24-33-11)25-19(12-3-6-14(7-4-12)26(30)31)18(21(28)22(25)29)20(27)13-5-8-16(32-2)15(23)10-13/h3-10,19,27H,1-2H3/t19-/m1/s1. The first-order valence-electron chi connectivity index (χ1n) is 9.55. The zero-order chi connectivity index (χ0) is 23.9. The number of aromatic nitrogens is 1. The normalized spacial score (nSPS) is 17.4. The second-order valence-corrected chi connectivity index (χ2v) is 7.57. The molecular weight excluding hydrogens is 454 g/mol. The lowest BCUT2D eigenvalue weighted by Gasteiger charge is -2.22. The molecule has 0 saturated carbocycles. The predicted octanol–water partition coefficient (Wildman–Crippen LogP) is 4.18. The Morgan fingerprint density at radius 3 is 2.45 bits per heavy atom. The van der Waals surface area contributed by atoms with Crippen molar-refractivity contribution in [1.29, 1.82) is 0 Å². The zero-order valence-corrected chi connectivity index (χ0v) is 18.1. The van der Waals surface area contributed by atoms with Gasteiger partial charge in [0.1, 0.15) is 17.3 Å². The van der Waals surface area contributed by atoms with Crippen LogP contribution in [0.25, 0.3) is 5.76 Å². The number of ketones is 1. The van der Waals surface area contributed by atoms with E-state index in [0.29, 0.717) is 17.1 Å². The average Bonchev–Trinajstić information content (AvgIpc) is 3.34. The van der Waals surface area contributed by atoms with E-state index >= 15 is 0 Å². The van der Waals surface area contributed by atoms with Gasteiger partial charge < -0.3 is 14.4 Å². The Balaban J connectivity index is 1.92. The molecule has 2 heterocycles. The van der Waals surface area contributed by atoms with E-state index in [2.05, 4.69) is 5.16 Å². The number of nitro groups is 1. The Bertz CT molecular complexity index is 1310. The lowest BCUT2D eigenvalue weighted by Crippen LogP contribution is -2.29. The van der Waals surface area contributed by atoms with E-state index in [1.807, 2.05) is 0 Å². The Kier molecular flexibility index (Phi) is 5.60. The lowest BCUT2D eigenvalue weighted by atomic mass is 9.95. The van der Waals surface area contributed by atoms with Gasteiger partial charge in [-0.1, -0.05) is 16.8 Å². The summed E-state index contributed by atoms with van der Waals surface area (Å²) in [5.41, 5.74) is 0.134. The van der Waals surface area contributed by atoms with Gasteiger partial charge in [0, 0.05) is 23.8 Å². The molecule has 168 valence electrons. The number of rotatable bonds is 5. The minimum Gasteiger partial charge on any atom is -0.507 e. The van der Waals surface area contributed by atoms with Crippen molar-refractivity contribution < 1.29 is 28.9 Å². The van der Waals surface area contributed by atoms with Crippen molar-refractivity contribution in [1.82, 2.24) is 5.16 Å². The summed E-state index contributed by atoms with van der Waals surface area (Å²) in [6, 6.07) is 10.0. The van der Waals surface area contributed by atoms with Crippen LogP contribution in [0.5, 0.6) is 5.75 Å². The fourth-order valence-electron chi connectivity index (χ4n) is 3.60. The molecule has 33 heavy (non-hydrogen) atoms. The molecule has 1 aliphatic rings. The number of aliphatic hydroxyl groups excluding tert-OH is 1. The molecule has 1 fully saturated rings. The highest BCUT2D eigenvalue weighted by molar-refractivity contribution is 6.51. The van der Waals surface area contributed by atoms with Gasteiger partial charge in [0.15, 0.2) is 5.82 Å². The lowest BCUT2D eigenvalue weighted by molar-refractivity contribution is -0.384. The minimum atomic E-state index is -1.11. The molecule has 11 heteroatoms. The van der Waals surface area contributed by atoms with Crippen LogP contribution >= 0.6 is 11.6 Å². The average molecular weight is 470 g/mol. The maximum absolute atomic E-state index is 13.0. The van der Waals surface area contributed by atoms with Crippen molar-refractivity contribution >= 4 is 40.6 Å². The first-order valence-corrected chi connectivity index (χ1v) is 9.93. The number of nitrogens with zero attached hydrogens (tertiary/aromatic N) is 3. The Labute approximate surface area is 191 Å². The number of anilines is 1. The number of carbonyl (C=O) groups is 2. The highest BCUT2D eigenvalue weighted by atomic mass is 35.5. The van der Waals surface area contributed by atoms with Gasteiger partial charge in [0.25, 0.3) is 11.5 Å². The molecule has 1 aliphatic heterocycles. The van der Waals surface area contributed by atoms with Crippen LogP contribution in [0.2, 0.25) is 5.02 Å². The molecule has 0 aliphatic carbocycles. The largest absolute Gasteiger partial charge is 0.507 e. The van der Waals surface area contributed by atoms with Gasteiger partial charge in [-0.2, -0.15) is 0 Å². The molecule has 1 atom stereocenters. The second kappa shape index (κ2) is 8.40. The summed E-state index contributed by atoms with van der Waals surface area (Å²) < 4.78 is 10.2. The number of amides is 1. The van der Waals surface area contributed by atoms with Crippen LogP contribution in [0, 0.1) is 17.0 Å². The number of non-ortho nitro benzene ring substituents is 1. The number of Topliss-reactive ketones (excluding diaryl/α,β-unsaturated/α-hetero) is 1. The molecule has 3 aromatic rings. The number of methoxy groups -OCH3 is 1. The van der Waals surface area contributed by atoms with Crippen LogP contribution in [0.15, 0.2) is 58.6 Å². The Hall–Kier alpha value is -4.18. The molecule has 0 radical (unpaired) electrons. The van der Waals surface area contributed by atoms with E-state index in [4.69, 9.17) is 20.9 Å². The summed E-state index contributed by atoms with van der Waals surface area (Å²) in [5, 5.41) is 26.2. The Morgan fingerprint density at radius 1 is 1.21 bits per heavy atom. The van der Waals surface area contributed by atoms with E-state index in [-0.39, 0.29) is 27.7 Å². The maximum atomic E-state index is 13.0. The van der Waals surface area contributed by atoms with Crippen LogP contribution in [-0.2, 0) is 9.59 Å². The summed E-state index contributed by atoms with van der Waals surface area (Å²) in [6.07, 6.45) is 0. The fraction of sp³-hybridized carbons (Fsp3) is 0.136. The Morgan fingerprint density at radius 2 is 1.91 bits per heavy atom. The van der Waals surface area contributed by atoms with Crippen LogP contribution in [0.4, 0.5) is 11.5 Å². The maximum Gasteiger partial charge on any atom is 0.301 e. The predicted molar refractivity (Wildman–Crippen MR) is 117 cm³/mol. The van der Waals surface area contributed by atoms with Gasteiger partial charge in [0.2, 0.25) is 0 Å². The highest BCUT2D eigenvalue weighted by Gasteiger charge is 2.48. The molecule has 0 unspecified atom stereocenters. The van der Waals surface area contributed by atoms with Crippen molar-refractivity contribution in [3.63, 3.8) is 0 Å². The number of benzene rings is 2. The van der Waals surface area contributed by atoms with E-state index in [1.54, 1.807) is 6.92 Å². The smallest absolute Gasteiger partial charge is 0.301 e. The number of hydrogen-bond donors (Lipinski definition) is 1. The zero-order valence-electron chi connectivity index (χ0n) is 17.3. The van der Waals surface area contributed by atoms with Gasteiger partial charge >= 0.3 is 5.91 Å². The molecule has 1 amide bonds. The molecule has 1 N–H and O–H groups in total. The number of nitro benzene ring substituents is 1. The number of hydrogen-bond acceptors (Lipinski definition) is 8. The van der Waals surface area contributed by atoms with Crippen LogP contribution in [-0.4, -0.2) is 34.0 Å². The molecule has 1 saturated heterocycles. The van der Waals surface area contributed by atoms with Crippen LogP contribution in [0.1, 0.15) is 22.9 Å². The number of aliphatic hydroxyl groups is 1. The second-order valence-electron chi connectivity index (χ2n) is 7.16. The summed E-state index contributed by atoms with van der Waals surface area (Å²) in [7, 11) is 1.43. The molecular formula is C22H16ClN3O7. The van der Waals surface area contributed by atoms with E-state index in [0.717, 1.165) is 4.90 Å². The van der Waals surface area contributed by atoms with Gasteiger partial charge in [-0.15, -0.1) is 0 Å². The van der Waals surface area contributed by atoms with Crippen molar-refractivity contribution in [2.75, 3.05) is 12.0 Å². The number of carbonyl (C=O) groups excluding carboxylic acids is 2. The molecule has 2 aromatic carbocycles. The molecule has 4 rings (SSSR count). The third-order valence-corrected chi connectivity index (χ3v) is 5.45. The van der Waals surface area contributed by atoms with Crippen LogP contribution < -0.4 is 9.64 Å². The van der Waals surface area contributed by atoms with Crippen LogP contribution in [0.3, 0.4) is 0 Å². The van der Waals surface area contributed by atoms with Gasteiger partial charge in [0.05, 0.1) is 28.7 Å². The third kappa shape index (κ3) is 3.80. The van der Waals surface area contributed by atoms with E-state index in [1.165, 1.54) is 55.6 Å². The third-order valence-electron chi connectivity index (χ3n) is 5.15. The molecule has 10 nitrogen and oxygen atoms in total. The summed E-state index contributed by atoms with van der Waals surface area (Å²) in [6.45, 7) is 1.62. The summed E-state index contributed by atoms with van der Waals surface area (Å²) in [4.78, 5) is 37.6. The first-order chi connectivity index (χ1) is 15.7. The summed E-state index contributed by atoms with van der Waals surface area (Å²) in [5.74, 6) is -1.54. The highest BCUT2D eigenvalue weighted by Crippen LogP contribution is 2.42. The van der Waals surface area contributed by atoms with E-state index < -0.39 is 28.4 Å². The number of halogens is 1. The molecule has 1 aromatic heterocycles. The van der Waals surface area contributed by atoms with Gasteiger partial charge in [-0.05, 0) is 42.8 Å². The minimum absolute atomic E-state index is 0.0600. The first kappa shape index (κ1) is 22.0. The SMILES string of the molecule is COc1ccc(C(O)=C2C(=O)C(=O)N(c3cc(C)on3)[C@@H]2c2ccc([N+](=O)[O-])cc2)cc1Cl. The van der Waals surface area contributed by atoms with Gasteiger partial charge in [-0.25, -0.2) is 0 Å². The molecule has 0 bridgehead atoms. The quantitative estimate of drug-likeness (QED) is 0.193. The monoisotopic (exact) mass is 469 g/mol. The van der Waals surface area contributed by atoms with E-state index in [9.17, 15) is 24.8 Å². The van der Waals surface area contributed by atoms with Crippen molar-refractivity contribution in [2.45, 2.75) is 13.0 Å². The fourth-order valence-corrected chi connectivity index (χ4v) is 3.86. The number of ether oxygens (including phenoxy) is 1. The molecule has 0 spiro atoms. The topological polar surface area (TPSA) is 136 Å².